The van der Waals surface area contributed by atoms with Gasteiger partial charge in [-0.05, 0) is 55.0 Å². The Balaban J connectivity index is 1.60. The molecule has 0 saturated heterocycles. The van der Waals surface area contributed by atoms with Crippen LogP contribution in [0.25, 0.3) is 11.1 Å². The average molecular weight is 527 g/mol. The third kappa shape index (κ3) is 6.36. The SMILES string of the molecule is CNS(=O)(=O)N[C@H]1CC[C@](Cc2ccc(F)c(-c3ccccc3OCc3ccccc3)c2)(C(=O)OC)C1. The second kappa shape index (κ2) is 11.4. The molecule has 1 fully saturated rings. The number of carbonyl (C=O) groups is 1. The summed E-state index contributed by atoms with van der Waals surface area (Å²) in [5, 5.41) is 0. The van der Waals surface area contributed by atoms with Crippen LogP contribution >= 0.6 is 0 Å². The van der Waals surface area contributed by atoms with Gasteiger partial charge in [0.05, 0.1) is 12.5 Å². The van der Waals surface area contributed by atoms with Gasteiger partial charge in [0, 0.05) is 24.2 Å². The molecule has 3 aromatic carbocycles. The number of hydrogen-bond acceptors (Lipinski definition) is 5. The van der Waals surface area contributed by atoms with E-state index in [-0.39, 0.29) is 12.8 Å². The molecule has 0 amide bonds. The van der Waals surface area contributed by atoms with Crippen molar-refractivity contribution in [1.29, 1.82) is 0 Å². The molecule has 2 N–H and O–H groups in total. The molecule has 37 heavy (non-hydrogen) atoms. The van der Waals surface area contributed by atoms with Gasteiger partial charge in [0.1, 0.15) is 18.2 Å². The van der Waals surface area contributed by atoms with Gasteiger partial charge in [0.25, 0.3) is 10.2 Å². The van der Waals surface area contributed by atoms with Gasteiger partial charge < -0.3 is 9.47 Å². The fourth-order valence-corrected chi connectivity index (χ4v) is 5.73. The number of rotatable bonds is 10. The molecule has 196 valence electrons. The van der Waals surface area contributed by atoms with Crippen LogP contribution in [0, 0.1) is 11.2 Å². The zero-order valence-corrected chi connectivity index (χ0v) is 21.7. The van der Waals surface area contributed by atoms with E-state index in [1.807, 2.05) is 42.5 Å². The van der Waals surface area contributed by atoms with Gasteiger partial charge in [0.15, 0.2) is 0 Å². The first-order valence-electron chi connectivity index (χ1n) is 12.1. The number of methoxy groups -OCH3 is 1. The number of esters is 1. The summed E-state index contributed by atoms with van der Waals surface area (Å²) in [7, 11) is -1.00. The number of hydrogen-bond donors (Lipinski definition) is 2. The number of benzene rings is 3. The molecule has 3 aromatic rings. The maximum absolute atomic E-state index is 15.1. The van der Waals surface area contributed by atoms with E-state index in [0.29, 0.717) is 36.3 Å². The van der Waals surface area contributed by atoms with Crippen LogP contribution in [-0.2, 0) is 32.8 Å². The Morgan fingerprint density at radius 2 is 1.76 bits per heavy atom. The van der Waals surface area contributed by atoms with Gasteiger partial charge in [-0.15, -0.1) is 0 Å². The zero-order valence-electron chi connectivity index (χ0n) is 20.9. The van der Waals surface area contributed by atoms with E-state index in [0.717, 1.165) is 11.1 Å². The van der Waals surface area contributed by atoms with Gasteiger partial charge in [-0.2, -0.15) is 13.1 Å². The number of halogens is 1. The Kier molecular flexibility index (Phi) is 8.26. The summed E-state index contributed by atoms with van der Waals surface area (Å²) >= 11 is 0. The fraction of sp³-hybridized carbons (Fsp3) is 0.321. The second-order valence-electron chi connectivity index (χ2n) is 9.30. The average Bonchev–Trinajstić information content (AvgIpc) is 3.31. The molecular formula is C28H31FN2O5S. The van der Waals surface area contributed by atoms with E-state index in [4.69, 9.17) is 9.47 Å². The molecule has 0 spiro atoms. The highest BCUT2D eigenvalue weighted by Crippen LogP contribution is 2.43. The first kappa shape index (κ1) is 26.8. The Hall–Kier alpha value is -3.27. The van der Waals surface area contributed by atoms with Crippen LogP contribution in [0.3, 0.4) is 0 Å². The van der Waals surface area contributed by atoms with Gasteiger partial charge >= 0.3 is 5.97 Å². The maximum atomic E-state index is 15.1. The highest BCUT2D eigenvalue weighted by Gasteiger charge is 2.47. The van der Waals surface area contributed by atoms with Crippen molar-refractivity contribution in [1.82, 2.24) is 9.44 Å². The fourth-order valence-electron chi connectivity index (χ4n) is 4.97. The molecule has 0 bridgehead atoms. The minimum atomic E-state index is -3.65. The standard InChI is InChI=1S/C28H31FN2O5S/c1-30-37(33,34)31-22-14-15-28(18-22,27(32)35-2)17-21-12-13-25(29)24(16-21)23-10-6-7-11-26(23)36-19-20-8-4-3-5-9-20/h3-13,16,22,30-31H,14-15,17-19H2,1-2H3/t22-,28+/m0/s1. The molecule has 7 nitrogen and oxygen atoms in total. The van der Waals surface area contributed by atoms with E-state index in [9.17, 15) is 13.2 Å². The molecule has 0 aromatic heterocycles. The molecule has 2 atom stereocenters. The number of nitrogens with one attached hydrogen (secondary N) is 2. The van der Waals surface area contributed by atoms with E-state index in [2.05, 4.69) is 9.44 Å². The first-order chi connectivity index (χ1) is 17.7. The van der Waals surface area contributed by atoms with Gasteiger partial charge in [0.2, 0.25) is 0 Å². The van der Waals surface area contributed by atoms with E-state index in [1.54, 1.807) is 24.3 Å². The van der Waals surface area contributed by atoms with Crippen molar-refractivity contribution in [2.75, 3.05) is 14.2 Å². The largest absolute Gasteiger partial charge is 0.488 e. The highest BCUT2D eigenvalue weighted by atomic mass is 32.2. The van der Waals surface area contributed by atoms with Crippen molar-refractivity contribution >= 4 is 16.2 Å². The highest BCUT2D eigenvalue weighted by molar-refractivity contribution is 7.87. The van der Waals surface area contributed by atoms with Crippen molar-refractivity contribution in [2.45, 2.75) is 38.3 Å². The van der Waals surface area contributed by atoms with Crippen LogP contribution in [0.1, 0.15) is 30.4 Å². The summed E-state index contributed by atoms with van der Waals surface area (Å²) in [6, 6.07) is 21.3. The molecular weight excluding hydrogens is 495 g/mol. The van der Waals surface area contributed by atoms with Crippen LogP contribution in [0.5, 0.6) is 5.75 Å². The summed E-state index contributed by atoms with van der Waals surface area (Å²) in [6.45, 7) is 0.342. The van der Waals surface area contributed by atoms with Crippen LogP contribution < -0.4 is 14.2 Å². The van der Waals surface area contributed by atoms with Crippen molar-refractivity contribution < 1.29 is 27.1 Å². The number of ether oxygens (including phenoxy) is 2. The lowest BCUT2D eigenvalue weighted by molar-refractivity contribution is -0.152. The molecule has 9 heteroatoms. The monoisotopic (exact) mass is 526 g/mol. The van der Waals surface area contributed by atoms with E-state index in [1.165, 1.54) is 20.2 Å². The third-order valence-electron chi connectivity index (χ3n) is 6.81. The lowest BCUT2D eigenvalue weighted by Gasteiger charge is -2.27. The molecule has 0 aliphatic heterocycles. The Bertz CT molecular complexity index is 1350. The molecule has 1 saturated carbocycles. The van der Waals surface area contributed by atoms with E-state index < -0.39 is 33.5 Å². The van der Waals surface area contributed by atoms with Crippen molar-refractivity contribution in [2.24, 2.45) is 5.41 Å². The molecule has 1 aliphatic carbocycles. The minimum Gasteiger partial charge on any atom is -0.488 e. The van der Waals surface area contributed by atoms with Crippen molar-refractivity contribution in [3.05, 3.63) is 89.7 Å². The molecule has 1 aliphatic rings. The first-order valence-corrected chi connectivity index (χ1v) is 13.6. The summed E-state index contributed by atoms with van der Waals surface area (Å²) in [6.07, 6.45) is 1.50. The molecule has 0 unspecified atom stereocenters. The predicted molar refractivity (Wildman–Crippen MR) is 140 cm³/mol. The Morgan fingerprint density at radius 3 is 2.49 bits per heavy atom. The summed E-state index contributed by atoms with van der Waals surface area (Å²) in [5.74, 6) is -0.263. The Labute approximate surface area is 217 Å². The quantitative estimate of drug-likeness (QED) is 0.383. The van der Waals surface area contributed by atoms with Crippen LogP contribution in [0.15, 0.2) is 72.8 Å². The van der Waals surface area contributed by atoms with Gasteiger partial charge in [-0.25, -0.2) is 9.11 Å². The molecule has 4 rings (SSSR count). The summed E-state index contributed by atoms with van der Waals surface area (Å²) in [4.78, 5) is 12.9. The third-order valence-corrected chi connectivity index (χ3v) is 7.99. The molecule has 0 heterocycles. The normalized spacial score (nSPS) is 19.5. The predicted octanol–water partition coefficient (Wildman–Crippen LogP) is 4.38. The Morgan fingerprint density at radius 1 is 1.03 bits per heavy atom. The topological polar surface area (TPSA) is 93.7 Å². The second-order valence-corrected chi connectivity index (χ2v) is 10.9. The smallest absolute Gasteiger partial charge is 0.312 e. The summed E-state index contributed by atoms with van der Waals surface area (Å²) in [5.41, 5.74) is 1.80. The number of para-hydroxylation sites is 1. The van der Waals surface area contributed by atoms with Crippen molar-refractivity contribution in [3.8, 4) is 16.9 Å². The van der Waals surface area contributed by atoms with Crippen LogP contribution in [-0.4, -0.2) is 34.6 Å². The van der Waals surface area contributed by atoms with Crippen LogP contribution in [0.4, 0.5) is 4.39 Å². The van der Waals surface area contributed by atoms with E-state index >= 15 is 4.39 Å². The van der Waals surface area contributed by atoms with Crippen LogP contribution in [0.2, 0.25) is 0 Å². The van der Waals surface area contributed by atoms with Gasteiger partial charge in [-0.1, -0.05) is 54.6 Å². The zero-order chi connectivity index (χ0) is 26.5. The lowest BCUT2D eigenvalue weighted by Crippen LogP contribution is -2.41. The summed E-state index contributed by atoms with van der Waals surface area (Å²) < 4.78 is 55.0. The maximum Gasteiger partial charge on any atom is 0.312 e. The van der Waals surface area contributed by atoms with Gasteiger partial charge in [-0.3, -0.25) is 4.79 Å². The van der Waals surface area contributed by atoms with Crippen molar-refractivity contribution in [3.63, 3.8) is 0 Å². The molecule has 0 radical (unpaired) electrons. The lowest BCUT2D eigenvalue weighted by atomic mass is 9.79. The number of carbonyl (C=O) groups excluding carboxylic acids is 1. The minimum absolute atomic E-state index is 0.282.